The summed E-state index contributed by atoms with van der Waals surface area (Å²) >= 11 is 0. The van der Waals surface area contributed by atoms with Gasteiger partial charge in [0.1, 0.15) is 5.82 Å². The van der Waals surface area contributed by atoms with Crippen molar-refractivity contribution in [3.8, 4) is 0 Å². The molecular formula is C12H19FN2O3S2. The fourth-order valence-corrected chi connectivity index (χ4v) is 4.11. The van der Waals surface area contributed by atoms with E-state index in [2.05, 4.69) is 4.72 Å². The largest absolute Gasteiger partial charge is 0.396 e. The molecule has 3 N–H and O–H groups in total. The van der Waals surface area contributed by atoms with Crippen molar-refractivity contribution in [2.24, 2.45) is 0 Å². The zero-order valence-corrected chi connectivity index (χ0v) is 13.3. The Labute approximate surface area is 121 Å². The summed E-state index contributed by atoms with van der Waals surface area (Å²) in [7, 11) is -4.84. The molecule has 0 spiro atoms. The number of sulfonamides is 1. The predicted molar refractivity (Wildman–Crippen MR) is 79.0 cm³/mol. The van der Waals surface area contributed by atoms with E-state index in [-0.39, 0.29) is 28.4 Å². The average Bonchev–Trinajstić information content (AvgIpc) is 2.35. The molecule has 1 aromatic rings. The molecule has 0 aliphatic carbocycles. The van der Waals surface area contributed by atoms with Gasteiger partial charge in [0, 0.05) is 28.9 Å². The van der Waals surface area contributed by atoms with E-state index < -0.39 is 26.6 Å². The number of hydrogen-bond donors (Lipinski definition) is 2. The van der Waals surface area contributed by atoms with Crippen molar-refractivity contribution in [3.63, 3.8) is 0 Å². The lowest BCUT2D eigenvalue weighted by molar-refractivity contribution is 0.581. The second-order valence-corrected chi connectivity index (χ2v) is 7.94. The van der Waals surface area contributed by atoms with E-state index in [0.29, 0.717) is 11.3 Å². The topological polar surface area (TPSA) is 89.3 Å². The lowest BCUT2D eigenvalue weighted by Crippen LogP contribution is -2.29. The van der Waals surface area contributed by atoms with Gasteiger partial charge in [0.25, 0.3) is 0 Å². The van der Waals surface area contributed by atoms with Crippen LogP contribution in [0.2, 0.25) is 0 Å². The van der Waals surface area contributed by atoms with Crippen molar-refractivity contribution in [3.05, 3.63) is 23.0 Å². The van der Waals surface area contributed by atoms with Crippen molar-refractivity contribution >= 4 is 26.5 Å². The van der Waals surface area contributed by atoms with E-state index >= 15 is 0 Å². The summed E-state index contributed by atoms with van der Waals surface area (Å²) in [6, 6.07) is 1.10. The van der Waals surface area contributed by atoms with E-state index in [4.69, 9.17) is 5.73 Å². The highest BCUT2D eigenvalue weighted by Gasteiger charge is 2.22. The summed E-state index contributed by atoms with van der Waals surface area (Å²) in [6.07, 6.45) is 0. The molecule has 1 atom stereocenters. The van der Waals surface area contributed by atoms with Crippen LogP contribution in [0.1, 0.15) is 18.1 Å². The molecule has 0 fully saturated rings. The zero-order valence-electron chi connectivity index (χ0n) is 11.7. The number of nitrogen functional groups attached to an aromatic ring is 1. The number of nitrogens with one attached hydrogen (secondary N) is 1. The SMILES string of the molecule is CCS(=O)CCNS(=O)(=O)c1c(C)cc(F)c(N)c1C. The first-order chi connectivity index (χ1) is 9.20. The van der Waals surface area contributed by atoms with Crippen LogP contribution in [0.4, 0.5) is 10.1 Å². The van der Waals surface area contributed by atoms with Gasteiger partial charge in [-0.1, -0.05) is 6.92 Å². The van der Waals surface area contributed by atoms with Crippen LogP contribution in [0.25, 0.3) is 0 Å². The van der Waals surface area contributed by atoms with E-state index in [0.717, 1.165) is 6.07 Å². The minimum absolute atomic E-state index is 0.0151. The Morgan fingerprint density at radius 3 is 2.55 bits per heavy atom. The van der Waals surface area contributed by atoms with Crippen molar-refractivity contribution in [1.29, 1.82) is 0 Å². The fraction of sp³-hybridized carbons (Fsp3) is 0.500. The second kappa shape index (κ2) is 6.64. The number of halogens is 1. The summed E-state index contributed by atoms with van der Waals surface area (Å²) in [5.74, 6) is 0.0828. The van der Waals surface area contributed by atoms with Crippen LogP contribution < -0.4 is 10.5 Å². The highest BCUT2D eigenvalue weighted by Crippen LogP contribution is 2.27. The molecule has 0 bridgehead atoms. The molecule has 0 radical (unpaired) electrons. The lowest BCUT2D eigenvalue weighted by atomic mass is 10.1. The zero-order chi connectivity index (χ0) is 15.5. The quantitative estimate of drug-likeness (QED) is 0.767. The first-order valence-electron chi connectivity index (χ1n) is 6.10. The average molecular weight is 322 g/mol. The first-order valence-corrected chi connectivity index (χ1v) is 9.07. The Hall–Kier alpha value is -0.990. The summed E-state index contributed by atoms with van der Waals surface area (Å²) in [6.45, 7) is 4.80. The molecule has 0 heterocycles. The standard InChI is InChI=1S/C12H19FN2O3S2/c1-4-19(16)6-5-15-20(17,18)12-8(2)7-10(13)11(14)9(12)3/h7,15H,4-6,14H2,1-3H3. The third kappa shape index (κ3) is 3.77. The molecule has 0 aliphatic heterocycles. The fourth-order valence-electron chi connectivity index (χ4n) is 1.85. The van der Waals surface area contributed by atoms with E-state index in [1.54, 1.807) is 6.92 Å². The van der Waals surface area contributed by atoms with Crippen molar-refractivity contribution in [2.45, 2.75) is 25.7 Å². The predicted octanol–water partition coefficient (Wildman–Crippen LogP) is 1.07. The van der Waals surface area contributed by atoms with Gasteiger partial charge < -0.3 is 5.73 Å². The molecule has 0 saturated carbocycles. The van der Waals surface area contributed by atoms with Gasteiger partial charge in [-0.15, -0.1) is 0 Å². The molecular weight excluding hydrogens is 303 g/mol. The van der Waals surface area contributed by atoms with Gasteiger partial charge in [0.15, 0.2) is 0 Å². The normalized spacial score (nSPS) is 13.4. The molecule has 1 rings (SSSR count). The van der Waals surface area contributed by atoms with E-state index in [1.165, 1.54) is 13.8 Å². The first kappa shape index (κ1) is 17.1. The van der Waals surface area contributed by atoms with Gasteiger partial charge in [-0.25, -0.2) is 17.5 Å². The molecule has 1 unspecified atom stereocenters. The van der Waals surface area contributed by atoms with Crippen molar-refractivity contribution < 1.29 is 17.0 Å². The molecule has 114 valence electrons. The highest BCUT2D eigenvalue weighted by molar-refractivity contribution is 7.89. The minimum atomic E-state index is -3.80. The molecule has 0 saturated heterocycles. The molecule has 0 aliphatic rings. The highest BCUT2D eigenvalue weighted by atomic mass is 32.2. The Kier molecular flexibility index (Phi) is 5.67. The smallest absolute Gasteiger partial charge is 0.241 e. The Morgan fingerprint density at radius 1 is 1.40 bits per heavy atom. The third-order valence-corrected chi connectivity index (χ3v) is 5.97. The Bertz CT molecular complexity index is 630. The summed E-state index contributed by atoms with van der Waals surface area (Å²) in [5.41, 5.74) is 5.83. The number of anilines is 1. The van der Waals surface area contributed by atoms with Crippen LogP contribution in [0.3, 0.4) is 0 Å². The number of aryl methyl sites for hydroxylation is 1. The molecule has 20 heavy (non-hydrogen) atoms. The van der Waals surface area contributed by atoms with Gasteiger partial charge in [-0.05, 0) is 31.0 Å². The van der Waals surface area contributed by atoms with Crippen molar-refractivity contribution in [2.75, 3.05) is 23.8 Å². The van der Waals surface area contributed by atoms with Gasteiger partial charge in [-0.3, -0.25) is 4.21 Å². The van der Waals surface area contributed by atoms with Gasteiger partial charge >= 0.3 is 0 Å². The Morgan fingerprint density at radius 2 is 2.00 bits per heavy atom. The maximum absolute atomic E-state index is 13.4. The lowest BCUT2D eigenvalue weighted by Gasteiger charge is -2.14. The second-order valence-electron chi connectivity index (χ2n) is 4.37. The summed E-state index contributed by atoms with van der Waals surface area (Å²) in [5, 5.41) is 0. The van der Waals surface area contributed by atoms with Crippen LogP contribution in [0.5, 0.6) is 0 Å². The number of nitrogens with two attached hydrogens (primary N) is 1. The Balaban J connectivity index is 3.05. The molecule has 8 heteroatoms. The number of hydrogen-bond acceptors (Lipinski definition) is 4. The van der Waals surface area contributed by atoms with Crippen molar-refractivity contribution in [1.82, 2.24) is 4.72 Å². The third-order valence-electron chi connectivity index (χ3n) is 2.92. The molecule has 0 amide bonds. The van der Waals surface area contributed by atoms with Crippen LogP contribution in [0, 0.1) is 19.7 Å². The van der Waals surface area contributed by atoms with Gasteiger partial charge in [0.05, 0.1) is 10.6 Å². The maximum atomic E-state index is 13.4. The molecule has 1 aromatic carbocycles. The van der Waals surface area contributed by atoms with E-state index in [9.17, 15) is 17.0 Å². The number of rotatable bonds is 6. The van der Waals surface area contributed by atoms with Crippen LogP contribution in [0.15, 0.2) is 11.0 Å². The molecule has 5 nitrogen and oxygen atoms in total. The monoisotopic (exact) mass is 322 g/mol. The van der Waals surface area contributed by atoms with Crippen LogP contribution >= 0.6 is 0 Å². The van der Waals surface area contributed by atoms with E-state index in [1.807, 2.05) is 0 Å². The maximum Gasteiger partial charge on any atom is 0.241 e. The van der Waals surface area contributed by atoms with Crippen LogP contribution in [-0.4, -0.2) is 30.7 Å². The van der Waals surface area contributed by atoms with Gasteiger partial charge in [0.2, 0.25) is 10.0 Å². The molecule has 0 aromatic heterocycles. The number of benzene rings is 1. The van der Waals surface area contributed by atoms with Crippen LogP contribution in [-0.2, 0) is 20.8 Å². The minimum Gasteiger partial charge on any atom is -0.396 e. The summed E-state index contributed by atoms with van der Waals surface area (Å²) in [4.78, 5) is -0.0151. The summed E-state index contributed by atoms with van der Waals surface area (Å²) < 4.78 is 51.5. The van der Waals surface area contributed by atoms with Gasteiger partial charge in [-0.2, -0.15) is 0 Å².